The van der Waals surface area contributed by atoms with Crippen molar-refractivity contribution in [1.29, 1.82) is 0 Å². The average molecular weight is 387 g/mol. The lowest BCUT2D eigenvalue weighted by Crippen LogP contribution is -2.46. The highest BCUT2D eigenvalue weighted by atomic mass is 32.2. The van der Waals surface area contributed by atoms with Crippen molar-refractivity contribution in [2.75, 3.05) is 19.6 Å². The Morgan fingerprint density at radius 3 is 2.33 bits per heavy atom. The largest absolute Gasteiger partial charge is 0.338 e. The van der Waals surface area contributed by atoms with Gasteiger partial charge in [0, 0.05) is 26.2 Å². The molecule has 1 amide bonds. The lowest BCUT2D eigenvalue weighted by atomic mass is 9.98. The number of carbonyl (C=O) groups is 1. The second kappa shape index (κ2) is 8.67. The van der Waals surface area contributed by atoms with Crippen molar-refractivity contribution in [3.05, 3.63) is 66.2 Å². The highest BCUT2D eigenvalue weighted by Crippen LogP contribution is 2.25. The fraction of sp³-hybridized carbons (Fsp3) is 0.381. The third-order valence-corrected chi connectivity index (χ3v) is 6.90. The van der Waals surface area contributed by atoms with Crippen LogP contribution in [0.5, 0.6) is 0 Å². The zero-order valence-corrected chi connectivity index (χ0v) is 16.4. The molecular formula is C21H26N2O3S. The lowest BCUT2D eigenvalue weighted by molar-refractivity contribution is -0.137. The van der Waals surface area contributed by atoms with Crippen LogP contribution in [0.25, 0.3) is 0 Å². The summed E-state index contributed by atoms with van der Waals surface area (Å²) in [6.07, 6.45) is 1.43. The second-order valence-electron chi connectivity index (χ2n) is 6.85. The summed E-state index contributed by atoms with van der Waals surface area (Å²) in [6, 6.07) is 18.3. The van der Waals surface area contributed by atoms with E-state index < -0.39 is 10.0 Å². The zero-order valence-electron chi connectivity index (χ0n) is 15.6. The molecule has 1 aliphatic rings. The highest BCUT2D eigenvalue weighted by Gasteiger charge is 2.34. The van der Waals surface area contributed by atoms with Crippen molar-refractivity contribution in [2.45, 2.75) is 31.2 Å². The normalized spacial score (nSPS) is 18.2. The molecule has 144 valence electrons. The van der Waals surface area contributed by atoms with Crippen LogP contribution < -0.4 is 0 Å². The first-order valence-electron chi connectivity index (χ1n) is 9.40. The number of piperidine rings is 1. The number of carbonyl (C=O) groups excluding carboxylic acids is 1. The van der Waals surface area contributed by atoms with E-state index in [4.69, 9.17) is 0 Å². The summed E-state index contributed by atoms with van der Waals surface area (Å²) in [5.41, 5.74) is 1.08. The molecule has 2 aromatic carbocycles. The Morgan fingerprint density at radius 2 is 1.70 bits per heavy atom. The van der Waals surface area contributed by atoms with Crippen molar-refractivity contribution in [1.82, 2.24) is 9.21 Å². The first-order chi connectivity index (χ1) is 13.0. The van der Waals surface area contributed by atoms with E-state index in [0.717, 1.165) is 12.0 Å². The third kappa shape index (κ3) is 4.57. The number of sulfonamides is 1. The van der Waals surface area contributed by atoms with E-state index in [9.17, 15) is 13.2 Å². The fourth-order valence-electron chi connectivity index (χ4n) is 3.51. The van der Waals surface area contributed by atoms with Gasteiger partial charge >= 0.3 is 0 Å². The smallest absolute Gasteiger partial charge is 0.243 e. The summed E-state index contributed by atoms with van der Waals surface area (Å²) in [7, 11) is -3.56. The van der Waals surface area contributed by atoms with Crippen LogP contribution in [-0.2, 0) is 21.4 Å². The Labute approximate surface area is 161 Å². The predicted molar refractivity (Wildman–Crippen MR) is 105 cm³/mol. The van der Waals surface area contributed by atoms with Gasteiger partial charge in [0.15, 0.2) is 0 Å². The quantitative estimate of drug-likeness (QED) is 0.766. The van der Waals surface area contributed by atoms with Gasteiger partial charge in [0.25, 0.3) is 0 Å². The topological polar surface area (TPSA) is 57.7 Å². The summed E-state index contributed by atoms with van der Waals surface area (Å²) >= 11 is 0. The molecule has 0 aliphatic carbocycles. The van der Waals surface area contributed by atoms with Crippen molar-refractivity contribution < 1.29 is 13.2 Å². The van der Waals surface area contributed by atoms with Crippen molar-refractivity contribution in [2.24, 2.45) is 5.92 Å². The minimum atomic E-state index is -3.56. The molecule has 2 aromatic rings. The number of amides is 1. The minimum absolute atomic E-state index is 0.0364. The maximum absolute atomic E-state index is 13.0. The molecule has 1 aliphatic heterocycles. The van der Waals surface area contributed by atoms with Gasteiger partial charge in [0.1, 0.15) is 0 Å². The Kier molecular flexibility index (Phi) is 6.29. The Balaban J connectivity index is 1.72. The number of nitrogens with zero attached hydrogens (tertiary/aromatic N) is 2. The van der Waals surface area contributed by atoms with Gasteiger partial charge in [-0.05, 0) is 37.5 Å². The van der Waals surface area contributed by atoms with Crippen molar-refractivity contribution in [3.63, 3.8) is 0 Å². The average Bonchev–Trinajstić information content (AvgIpc) is 2.73. The van der Waals surface area contributed by atoms with Crippen LogP contribution in [-0.4, -0.2) is 43.2 Å². The number of hydrogen-bond acceptors (Lipinski definition) is 3. The molecule has 27 heavy (non-hydrogen) atoms. The standard InChI is InChI=1S/C21H26N2O3S/c1-2-22(16-18-10-5-3-6-11-18)21(24)19-12-9-15-23(17-19)27(25,26)20-13-7-4-8-14-20/h3-8,10-11,13-14,19H,2,9,12,15-17H2,1H3/t19-/m0/s1. The molecule has 1 fully saturated rings. The highest BCUT2D eigenvalue weighted by molar-refractivity contribution is 7.89. The van der Waals surface area contributed by atoms with Gasteiger partial charge in [0.05, 0.1) is 10.8 Å². The Bertz CT molecular complexity index is 854. The Morgan fingerprint density at radius 1 is 1.07 bits per heavy atom. The number of benzene rings is 2. The zero-order chi connectivity index (χ0) is 19.3. The molecule has 0 spiro atoms. The molecule has 0 radical (unpaired) electrons. The van der Waals surface area contributed by atoms with Crippen LogP contribution in [0.2, 0.25) is 0 Å². The lowest BCUT2D eigenvalue weighted by Gasteiger charge is -2.34. The Hall–Kier alpha value is -2.18. The minimum Gasteiger partial charge on any atom is -0.338 e. The maximum Gasteiger partial charge on any atom is 0.243 e. The summed E-state index contributed by atoms with van der Waals surface area (Å²) in [4.78, 5) is 15.2. The van der Waals surface area contributed by atoms with Gasteiger partial charge < -0.3 is 4.90 Å². The summed E-state index contributed by atoms with van der Waals surface area (Å²) < 4.78 is 27.2. The monoisotopic (exact) mass is 386 g/mol. The molecule has 1 atom stereocenters. The van der Waals surface area contributed by atoms with Crippen LogP contribution in [0.4, 0.5) is 0 Å². The van der Waals surface area contributed by atoms with Gasteiger partial charge in [-0.3, -0.25) is 4.79 Å². The molecule has 0 aromatic heterocycles. The molecule has 5 nitrogen and oxygen atoms in total. The molecule has 0 unspecified atom stereocenters. The summed E-state index contributed by atoms with van der Waals surface area (Å²) in [5, 5.41) is 0. The summed E-state index contributed by atoms with van der Waals surface area (Å²) in [6.45, 7) is 3.84. The molecule has 1 heterocycles. The van der Waals surface area contributed by atoms with Gasteiger partial charge in [-0.2, -0.15) is 4.31 Å². The van der Waals surface area contributed by atoms with Gasteiger partial charge in [-0.1, -0.05) is 48.5 Å². The van der Waals surface area contributed by atoms with E-state index in [2.05, 4.69) is 0 Å². The van der Waals surface area contributed by atoms with Crippen LogP contribution >= 0.6 is 0 Å². The van der Waals surface area contributed by atoms with Crippen molar-refractivity contribution >= 4 is 15.9 Å². The van der Waals surface area contributed by atoms with Crippen molar-refractivity contribution in [3.8, 4) is 0 Å². The van der Waals surface area contributed by atoms with E-state index in [1.54, 1.807) is 30.3 Å². The van der Waals surface area contributed by atoms with Crippen LogP contribution in [0.1, 0.15) is 25.3 Å². The van der Waals surface area contributed by atoms with E-state index in [1.165, 1.54) is 4.31 Å². The molecular weight excluding hydrogens is 360 g/mol. The van der Waals surface area contributed by atoms with Crippen LogP contribution in [0.3, 0.4) is 0 Å². The number of rotatable bonds is 6. The summed E-state index contributed by atoms with van der Waals surface area (Å²) in [5.74, 6) is -0.254. The van der Waals surface area contributed by atoms with E-state index in [1.807, 2.05) is 42.2 Å². The predicted octanol–water partition coefficient (Wildman–Crippen LogP) is 3.14. The van der Waals surface area contributed by atoms with Gasteiger partial charge in [-0.25, -0.2) is 8.42 Å². The van der Waals surface area contributed by atoms with Crippen LogP contribution in [0.15, 0.2) is 65.6 Å². The fourth-order valence-corrected chi connectivity index (χ4v) is 5.06. The van der Waals surface area contributed by atoms with E-state index >= 15 is 0 Å². The van der Waals surface area contributed by atoms with Gasteiger partial charge in [0.2, 0.25) is 15.9 Å². The molecule has 0 N–H and O–H groups in total. The van der Waals surface area contributed by atoms with E-state index in [0.29, 0.717) is 26.1 Å². The third-order valence-electron chi connectivity index (χ3n) is 5.02. The first-order valence-corrected chi connectivity index (χ1v) is 10.8. The molecule has 1 saturated heterocycles. The number of hydrogen-bond donors (Lipinski definition) is 0. The van der Waals surface area contributed by atoms with Gasteiger partial charge in [-0.15, -0.1) is 0 Å². The second-order valence-corrected chi connectivity index (χ2v) is 8.79. The molecule has 6 heteroatoms. The molecule has 0 bridgehead atoms. The maximum atomic E-state index is 13.0. The molecule has 3 rings (SSSR count). The first kappa shape index (κ1) is 19.6. The van der Waals surface area contributed by atoms with Crippen LogP contribution in [0, 0.1) is 5.92 Å². The van der Waals surface area contributed by atoms with E-state index in [-0.39, 0.29) is 23.3 Å². The SMILES string of the molecule is CCN(Cc1ccccc1)C(=O)[C@H]1CCCN(S(=O)(=O)c2ccccc2)C1. The molecule has 0 saturated carbocycles.